The Labute approximate surface area is 141 Å². The molecule has 4 nitrogen and oxygen atoms in total. The highest BCUT2D eigenvalue weighted by molar-refractivity contribution is 8.00. The van der Waals surface area contributed by atoms with E-state index in [0.717, 1.165) is 38.5 Å². The van der Waals surface area contributed by atoms with Gasteiger partial charge in [-0.2, -0.15) is 11.8 Å². The topological polar surface area (TPSA) is 30.3 Å². The molecule has 23 heavy (non-hydrogen) atoms. The number of benzene rings is 1. The van der Waals surface area contributed by atoms with Gasteiger partial charge in [0, 0.05) is 42.4 Å². The Balaban J connectivity index is 1.59. The summed E-state index contributed by atoms with van der Waals surface area (Å²) in [5.41, 5.74) is 2.48. The van der Waals surface area contributed by atoms with Crippen molar-refractivity contribution in [1.29, 1.82) is 0 Å². The monoisotopic (exact) mass is 329 g/mol. The van der Waals surface area contributed by atoms with E-state index in [9.17, 15) is 0 Å². The maximum Gasteiger partial charge on any atom is 0.110 e. The van der Waals surface area contributed by atoms with Crippen LogP contribution in [0.4, 0.5) is 0 Å². The number of thioether (sulfide) groups is 1. The highest BCUT2D eigenvalue weighted by Gasteiger charge is 2.34. The number of hydrogen-bond donors (Lipinski definition) is 0. The average molecular weight is 329 g/mol. The van der Waals surface area contributed by atoms with Gasteiger partial charge in [0.05, 0.1) is 18.5 Å². The van der Waals surface area contributed by atoms with E-state index in [0.29, 0.717) is 11.3 Å². The van der Waals surface area contributed by atoms with Crippen LogP contribution in [0, 0.1) is 6.92 Å². The van der Waals surface area contributed by atoms with Crippen molar-refractivity contribution >= 4 is 11.8 Å². The minimum Gasteiger partial charge on any atom is -0.380 e. The van der Waals surface area contributed by atoms with E-state index in [-0.39, 0.29) is 0 Å². The van der Waals surface area contributed by atoms with Crippen LogP contribution in [0.25, 0.3) is 5.69 Å². The van der Waals surface area contributed by atoms with Crippen molar-refractivity contribution in [1.82, 2.24) is 14.5 Å². The van der Waals surface area contributed by atoms with Crippen LogP contribution in [0.15, 0.2) is 36.5 Å². The maximum atomic E-state index is 5.67. The Kier molecular flexibility index (Phi) is 4.42. The number of imidazole rings is 1. The van der Waals surface area contributed by atoms with Crippen LogP contribution in [-0.2, 0) is 11.3 Å². The van der Waals surface area contributed by atoms with Crippen molar-refractivity contribution in [3.05, 3.63) is 48.0 Å². The predicted molar refractivity (Wildman–Crippen MR) is 94.2 cm³/mol. The maximum absolute atomic E-state index is 5.67. The molecular formula is C18H23N3OS. The Bertz CT molecular complexity index is 656. The fraction of sp³-hybridized carbons (Fsp3) is 0.500. The molecule has 1 aromatic heterocycles. The molecule has 0 radical (unpaired) electrons. The number of nitrogens with zero attached hydrogens (tertiary/aromatic N) is 3. The second-order valence-corrected chi connectivity index (χ2v) is 7.63. The summed E-state index contributed by atoms with van der Waals surface area (Å²) in [5.74, 6) is 2.25. The van der Waals surface area contributed by atoms with Gasteiger partial charge in [0.25, 0.3) is 0 Å². The number of rotatable bonds is 3. The Morgan fingerprint density at radius 2 is 2.17 bits per heavy atom. The molecule has 2 aliphatic rings. The van der Waals surface area contributed by atoms with Crippen molar-refractivity contribution in [3.63, 3.8) is 0 Å². The molecule has 0 aliphatic carbocycles. The zero-order valence-corrected chi connectivity index (χ0v) is 14.3. The molecular weight excluding hydrogens is 306 g/mol. The second-order valence-electron chi connectivity index (χ2n) is 6.28. The quantitative estimate of drug-likeness (QED) is 0.866. The highest BCUT2D eigenvalue weighted by Crippen LogP contribution is 2.31. The molecule has 2 aliphatic heterocycles. The summed E-state index contributed by atoms with van der Waals surface area (Å²) in [6.07, 6.45) is 3.19. The van der Waals surface area contributed by atoms with Crippen LogP contribution in [0.3, 0.4) is 0 Å². The van der Waals surface area contributed by atoms with Crippen LogP contribution < -0.4 is 0 Å². The number of hydrogen-bond acceptors (Lipinski definition) is 4. The molecule has 2 atom stereocenters. The van der Waals surface area contributed by atoms with Crippen molar-refractivity contribution in [2.75, 3.05) is 25.5 Å². The molecule has 0 unspecified atom stereocenters. The summed E-state index contributed by atoms with van der Waals surface area (Å²) in [5, 5.41) is 0.631. The van der Waals surface area contributed by atoms with Gasteiger partial charge >= 0.3 is 0 Å². The summed E-state index contributed by atoms with van der Waals surface area (Å²) in [6, 6.07) is 11.2. The minimum absolute atomic E-state index is 0.631. The number of ether oxygens (including phenoxy) is 1. The smallest absolute Gasteiger partial charge is 0.110 e. The fourth-order valence-corrected chi connectivity index (χ4v) is 5.07. The summed E-state index contributed by atoms with van der Waals surface area (Å²) in [7, 11) is 0. The molecule has 4 rings (SSSR count). The molecule has 0 bridgehead atoms. The van der Waals surface area contributed by atoms with E-state index < -0.39 is 0 Å². The van der Waals surface area contributed by atoms with Gasteiger partial charge in [-0.3, -0.25) is 9.47 Å². The number of aryl methyl sites for hydroxylation is 1. The Morgan fingerprint density at radius 3 is 3.04 bits per heavy atom. The van der Waals surface area contributed by atoms with Crippen LogP contribution in [0.1, 0.15) is 17.9 Å². The third kappa shape index (κ3) is 3.05. The van der Waals surface area contributed by atoms with Gasteiger partial charge in [-0.25, -0.2) is 4.98 Å². The fourth-order valence-electron chi connectivity index (χ4n) is 3.70. The highest BCUT2D eigenvalue weighted by atomic mass is 32.2. The molecule has 3 heterocycles. The van der Waals surface area contributed by atoms with Gasteiger partial charge in [0.15, 0.2) is 0 Å². The first-order chi connectivity index (χ1) is 11.3. The third-order valence-corrected chi connectivity index (χ3v) is 6.14. The standard InChI is InChI=1S/C18H23N3OS/c1-14-19-11-16(21(14)15-5-3-2-4-6-15)12-20-8-10-23-18-13-22-9-7-17(18)20/h2-6,11,17-18H,7-10,12-13H2,1H3/t17-,18+/m1/s1. The van der Waals surface area contributed by atoms with Crippen LogP contribution >= 0.6 is 11.8 Å². The normalized spacial score (nSPS) is 25.3. The van der Waals surface area contributed by atoms with Gasteiger partial charge in [-0.1, -0.05) is 18.2 Å². The van der Waals surface area contributed by atoms with E-state index in [4.69, 9.17) is 4.74 Å². The lowest BCUT2D eigenvalue weighted by Gasteiger charge is -2.43. The average Bonchev–Trinajstić information content (AvgIpc) is 2.96. The molecule has 5 heteroatoms. The zero-order valence-electron chi connectivity index (χ0n) is 13.5. The van der Waals surface area contributed by atoms with Crippen molar-refractivity contribution < 1.29 is 4.74 Å². The largest absolute Gasteiger partial charge is 0.380 e. The zero-order chi connectivity index (χ0) is 15.6. The lowest BCUT2D eigenvalue weighted by Crippen LogP contribution is -2.51. The molecule has 0 amide bonds. The van der Waals surface area contributed by atoms with Gasteiger partial charge < -0.3 is 4.74 Å². The van der Waals surface area contributed by atoms with Gasteiger partial charge in [0.1, 0.15) is 5.82 Å². The van der Waals surface area contributed by atoms with Crippen molar-refractivity contribution in [3.8, 4) is 5.69 Å². The van der Waals surface area contributed by atoms with Gasteiger partial charge in [-0.05, 0) is 25.5 Å². The third-order valence-electron chi connectivity index (χ3n) is 4.84. The molecule has 0 spiro atoms. The Hall–Kier alpha value is -1.30. The summed E-state index contributed by atoms with van der Waals surface area (Å²) >= 11 is 2.08. The molecule has 2 saturated heterocycles. The molecule has 2 aromatic rings. The number of aromatic nitrogens is 2. The van der Waals surface area contributed by atoms with Gasteiger partial charge in [-0.15, -0.1) is 0 Å². The Morgan fingerprint density at radius 1 is 1.30 bits per heavy atom. The van der Waals surface area contributed by atoms with E-state index in [2.05, 4.69) is 63.5 Å². The van der Waals surface area contributed by atoms with E-state index in [1.165, 1.54) is 17.1 Å². The molecule has 1 aromatic carbocycles. The van der Waals surface area contributed by atoms with E-state index >= 15 is 0 Å². The SMILES string of the molecule is Cc1ncc(CN2CCS[C@H]3COCC[C@H]32)n1-c1ccccc1. The summed E-state index contributed by atoms with van der Waals surface area (Å²) in [6.45, 7) is 6.01. The van der Waals surface area contributed by atoms with Crippen LogP contribution in [0.2, 0.25) is 0 Å². The van der Waals surface area contributed by atoms with E-state index in [1.807, 2.05) is 6.20 Å². The first-order valence-electron chi connectivity index (χ1n) is 8.35. The summed E-state index contributed by atoms with van der Waals surface area (Å²) in [4.78, 5) is 7.21. The van der Waals surface area contributed by atoms with Gasteiger partial charge in [0.2, 0.25) is 0 Å². The molecule has 2 fully saturated rings. The second kappa shape index (κ2) is 6.67. The van der Waals surface area contributed by atoms with Crippen LogP contribution in [-0.4, -0.2) is 51.3 Å². The number of fused-ring (bicyclic) bond motifs is 1. The molecule has 0 N–H and O–H groups in total. The predicted octanol–water partition coefficient (Wildman–Crippen LogP) is 2.89. The van der Waals surface area contributed by atoms with Crippen LogP contribution in [0.5, 0.6) is 0 Å². The van der Waals surface area contributed by atoms with Crippen molar-refractivity contribution in [2.24, 2.45) is 0 Å². The van der Waals surface area contributed by atoms with E-state index in [1.54, 1.807) is 0 Å². The molecule has 0 saturated carbocycles. The number of para-hydroxylation sites is 1. The lowest BCUT2D eigenvalue weighted by molar-refractivity contribution is 0.0345. The minimum atomic E-state index is 0.631. The summed E-state index contributed by atoms with van der Waals surface area (Å²) < 4.78 is 7.96. The molecule has 122 valence electrons. The first kappa shape index (κ1) is 15.2. The first-order valence-corrected chi connectivity index (χ1v) is 9.40. The van der Waals surface area contributed by atoms with Crippen molar-refractivity contribution in [2.45, 2.75) is 31.2 Å². The lowest BCUT2D eigenvalue weighted by atomic mass is 10.1.